The topological polar surface area (TPSA) is 41.5 Å². The first kappa shape index (κ1) is 14.0. The summed E-state index contributed by atoms with van der Waals surface area (Å²) in [6, 6.07) is 9.80. The lowest BCUT2D eigenvalue weighted by molar-refractivity contribution is 0.0957. The van der Waals surface area contributed by atoms with Crippen molar-refractivity contribution in [3.8, 4) is 5.75 Å². The van der Waals surface area contributed by atoms with Crippen molar-refractivity contribution in [2.75, 3.05) is 13.2 Å². The maximum absolute atomic E-state index is 9.52. The summed E-state index contributed by atoms with van der Waals surface area (Å²) in [5.41, 5.74) is -0.243. The first-order valence-corrected chi connectivity index (χ1v) is 6.13. The molecule has 1 aromatic carbocycles. The summed E-state index contributed by atoms with van der Waals surface area (Å²) in [4.78, 5) is 0. The van der Waals surface area contributed by atoms with Gasteiger partial charge in [-0.2, -0.15) is 0 Å². The summed E-state index contributed by atoms with van der Waals surface area (Å²) in [7, 11) is 0. The molecule has 1 unspecified atom stereocenters. The molecule has 0 aromatic heterocycles. The number of nitrogens with one attached hydrogen (secondary N) is 1. The van der Waals surface area contributed by atoms with Gasteiger partial charge in [0.05, 0.1) is 12.7 Å². The third-order valence-electron chi connectivity index (χ3n) is 2.96. The van der Waals surface area contributed by atoms with Crippen LogP contribution < -0.4 is 10.1 Å². The molecule has 0 amide bonds. The van der Waals surface area contributed by atoms with Gasteiger partial charge in [-0.15, -0.1) is 0 Å². The predicted octanol–water partition coefficient (Wildman–Crippen LogP) is 2.20. The molecule has 0 saturated heterocycles. The van der Waals surface area contributed by atoms with Crippen molar-refractivity contribution in [3.05, 3.63) is 30.3 Å². The zero-order valence-corrected chi connectivity index (χ0v) is 10.9. The van der Waals surface area contributed by atoms with Crippen LogP contribution in [0.15, 0.2) is 30.3 Å². The van der Waals surface area contributed by atoms with E-state index in [2.05, 4.69) is 5.32 Å². The van der Waals surface area contributed by atoms with E-state index in [-0.39, 0.29) is 11.6 Å². The number of ether oxygens (including phenoxy) is 1. The van der Waals surface area contributed by atoms with Crippen LogP contribution in [-0.2, 0) is 0 Å². The molecule has 0 saturated carbocycles. The smallest absolute Gasteiger partial charge is 0.119 e. The molecule has 0 radical (unpaired) electrons. The fraction of sp³-hybridized carbons (Fsp3) is 0.571. The molecule has 0 aliphatic heterocycles. The van der Waals surface area contributed by atoms with Crippen molar-refractivity contribution < 1.29 is 9.84 Å². The number of aliphatic hydroxyl groups excluding tert-OH is 1. The highest BCUT2D eigenvalue weighted by Crippen LogP contribution is 2.09. The third kappa shape index (κ3) is 5.20. The van der Waals surface area contributed by atoms with Gasteiger partial charge >= 0.3 is 0 Å². The van der Waals surface area contributed by atoms with Crippen LogP contribution in [-0.4, -0.2) is 29.9 Å². The highest BCUT2D eigenvalue weighted by atomic mass is 16.5. The zero-order valence-electron chi connectivity index (χ0n) is 10.9. The third-order valence-corrected chi connectivity index (χ3v) is 2.96. The number of para-hydroxylation sites is 1. The zero-order chi connectivity index (χ0) is 12.7. The Hall–Kier alpha value is -1.06. The lowest BCUT2D eigenvalue weighted by Gasteiger charge is -2.29. The van der Waals surface area contributed by atoms with Crippen molar-refractivity contribution in [2.24, 2.45) is 0 Å². The highest BCUT2D eigenvalue weighted by molar-refractivity contribution is 5.20. The number of hydrogen-bond donors (Lipinski definition) is 2. The molecule has 3 heteroatoms. The van der Waals surface area contributed by atoms with Crippen LogP contribution in [0.1, 0.15) is 27.2 Å². The molecule has 0 heterocycles. The highest BCUT2D eigenvalue weighted by Gasteiger charge is 2.22. The minimum Gasteiger partial charge on any atom is -0.494 e. The van der Waals surface area contributed by atoms with E-state index < -0.39 is 0 Å². The summed E-state index contributed by atoms with van der Waals surface area (Å²) in [5.74, 6) is 0.905. The van der Waals surface area contributed by atoms with Crippen LogP contribution >= 0.6 is 0 Å². The predicted molar refractivity (Wildman–Crippen MR) is 70.3 cm³/mol. The maximum atomic E-state index is 9.52. The second-order valence-electron chi connectivity index (χ2n) is 4.84. The minimum atomic E-state index is -0.363. The van der Waals surface area contributed by atoms with Gasteiger partial charge in [-0.3, -0.25) is 0 Å². The molecule has 1 atom stereocenters. The molecule has 3 nitrogen and oxygen atoms in total. The molecule has 17 heavy (non-hydrogen) atoms. The fourth-order valence-corrected chi connectivity index (χ4v) is 1.34. The molecule has 0 spiro atoms. The van der Waals surface area contributed by atoms with Crippen molar-refractivity contribution in [1.29, 1.82) is 0 Å². The van der Waals surface area contributed by atoms with E-state index in [1.54, 1.807) is 6.92 Å². The molecular formula is C14H23NO2. The van der Waals surface area contributed by atoms with E-state index in [9.17, 15) is 5.11 Å². The first-order chi connectivity index (χ1) is 8.02. The van der Waals surface area contributed by atoms with E-state index >= 15 is 0 Å². The standard InChI is InChI=1S/C14H23NO2/c1-12(16)14(2,3)15-10-7-11-17-13-8-5-4-6-9-13/h4-6,8-9,12,15-16H,7,10-11H2,1-3H3. The normalized spacial score (nSPS) is 13.4. The van der Waals surface area contributed by atoms with Crippen LogP contribution in [0, 0.1) is 0 Å². The van der Waals surface area contributed by atoms with Crippen LogP contribution in [0.5, 0.6) is 5.75 Å². The van der Waals surface area contributed by atoms with Gasteiger partial charge in [0, 0.05) is 5.54 Å². The summed E-state index contributed by atoms with van der Waals surface area (Å²) in [6.07, 6.45) is 0.558. The average Bonchev–Trinajstić information content (AvgIpc) is 2.29. The lowest BCUT2D eigenvalue weighted by Crippen LogP contribution is -2.48. The van der Waals surface area contributed by atoms with Gasteiger partial charge in [0.15, 0.2) is 0 Å². The van der Waals surface area contributed by atoms with Crippen molar-refractivity contribution >= 4 is 0 Å². The Bertz CT molecular complexity index is 309. The molecule has 1 rings (SSSR count). The first-order valence-electron chi connectivity index (χ1n) is 6.13. The Morgan fingerprint density at radius 1 is 1.29 bits per heavy atom. The fourth-order valence-electron chi connectivity index (χ4n) is 1.34. The molecule has 96 valence electrons. The Morgan fingerprint density at radius 2 is 1.94 bits per heavy atom. The number of benzene rings is 1. The number of aliphatic hydroxyl groups is 1. The SMILES string of the molecule is CC(O)C(C)(C)NCCCOc1ccccc1. The molecule has 0 fully saturated rings. The quantitative estimate of drug-likeness (QED) is 0.714. The minimum absolute atomic E-state index is 0.243. The van der Waals surface area contributed by atoms with Gasteiger partial charge in [-0.1, -0.05) is 18.2 Å². The van der Waals surface area contributed by atoms with E-state index in [1.807, 2.05) is 44.2 Å². The average molecular weight is 237 g/mol. The number of rotatable bonds is 7. The van der Waals surface area contributed by atoms with Crippen molar-refractivity contribution in [2.45, 2.75) is 38.8 Å². The lowest BCUT2D eigenvalue weighted by atomic mass is 9.99. The van der Waals surface area contributed by atoms with Gasteiger partial charge in [-0.25, -0.2) is 0 Å². The van der Waals surface area contributed by atoms with Crippen LogP contribution in [0.4, 0.5) is 0 Å². The summed E-state index contributed by atoms with van der Waals surface area (Å²) >= 11 is 0. The second kappa shape index (κ2) is 6.62. The molecule has 2 N–H and O–H groups in total. The van der Waals surface area contributed by atoms with Gasteiger partial charge in [0.25, 0.3) is 0 Å². The Kier molecular flexibility index (Phi) is 5.45. The molecule has 0 aliphatic rings. The van der Waals surface area contributed by atoms with Crippen LogP contribution in [0.3, 0.4) is 0 Å². The van der Waals surface area contributed by atoms with Crippen molar-refractivity contribution in [1.82, 2.24) is 5.32 Å². The van der Waals surface area contributed by atoms with E-state index in [0.29, 0.717) is 6.61 Å². The summed E-state index contributed by atoms with van der Waals surface area (Å²) in [5, 5.41) is 12.8. The van der Waals surface area contributed by atoms with Gasteiger partial charge in [-0.05, 0) is 45.9 Å². The van der Waals surface area contributed by atoms with E-state index in [0.717, 1.165) is 18.7 Å². The van der Waals surface area contributed by atoms with Gasteiger partial charge in [0.1, 0.15) is 5.75 Å². The summed E-state index contributed by atoms with van der Waals surface area (Å²) < 4.78 is 5.58. The largest absolute Gasteiger partial charge is 0.494 e. The molecule has 1 aromatic rings. The number of hydrogen-bond acceptors (Lipinski definition) is 3. The second-order valence-corrected chi connectivity index (χ2v) is 4.84. The van der Waals surface area contributed by atoms with Crippen molar-refractivity contribution in [3.63, 3.8) is 0 Å². The van der Waals surface area contributed by atoms with Gasteiger partial charge in [0.2, 0.25) is 0 Å². The van der Waals surface area contributed by atoms with Crippen LogP contribution in [0.2, 0.25) is 0 Å². The summed E-state index contributed by atoms with van der Waals surface area (Å²) in [6.45, 7) is 7.32. The molecule has 0 bridgehead atoms. The van der Waals surface area contributed by atoms with E-state index in [1.165, 1.54) is 0 Å². The van der Waals surface area contributed by atoms with Gasteiger partial charge < -0.3 is 15.2 Å². The van der Waals surface area contributed by atoms with E-state index in [4.69, 9.17) is 4.74 Å². The maximum Gasteiger partial charge on any atom is 0.119 e. The Balaban J connectivity index is 2.13. The van der Waals surface area contributed by atoms with Crippen LogP contribution in [0.25, 0.3) is 0 Å². The molecule has 0 aliphatic carbocycles. The Morgan fingerprint density at radius 3 is 2.53 bits per heavy atom. The molecular weight excluding hydrogens is 214 g/mol. The monoisotopic (exact) mass is 237 g/mol. The Labute approximate surface area is 104 Å².